The van der Waals surface area contributed by atoms with Gasteiger partial charge in [-0.05, 0) is 69.8 Å². The van der Waals surface area contributed by atoms with Crippen LogP contribution in [-0.4, -0.2) is 53.8 Å². The van der Waals surface area contributed by atoms with Crippen LogP contribution in [0.3, 0.4) is 0 Å². The van der Waals surface area contributed by atoms with E-state index in [0.717, 1.165) is 59.8 Å². The van der Waals surface area contributed by atoms with Crippen molar-refractivity contribution in [3.8, 4) is 0 Å². The van der Waals surface area contributed by atoms with Gasteiger partial charge in [-0.15, -0.1) is 0 Å². The first kappa shape index (κ1) is 19.9. The van der Waals surface area contributed by atoms with Crippen molar-refractivity contribution in [1.82, 2.24) is 9.80 Å². The minimum absolute atomic E-state index is 0.0702. The van der Waals surface area contributed by atoms with Gasteiger partial charge < -0.3 is 15.1 Å². The van der Waals surface area contributed by atoms with Crippen molar-refractivity contribution >= 4 is 29.3 Å². The maximum atomic E-state index is 13.2. The minimum atomic E-state index is -0.0702. The number of hydrogen-bond donors (Lipinski definition) is 1. The predicted molar refractivity (Wildman–Crippen MR) is 121 cm³/mol. The van der Waals surface area contributed by atoms with Gasteiger partial charge in [0.05, 0.1) is 5.69 Å². The van der Waals surface area contributed by atoms with E-state index in [9.17, 15) is 9.59 Å². The highest BCUT2D eigenvalue weighted by Gasteiger charge is 2.29. The number of hydrogen-bond acceptors (Lipinski definition) is 4. The molecule has 2 saturated heterocycles. The molecule has 3 aliphatic heterocycles. The fraction of sp³-hybridized carbons (Fsp3) is 0.500. The molecule has 1 aromatic carbocycles. The molecule has 3 heterocycles. The van der Waals surface area contributed by atoms with Crippen molar-refractivity contribution in [3.05, 3.63) is 46.4 Å². The molecule has 2 amide bonds. The van der Waals surface area contributed by atoms with Crippen LogP contribution in [0.15, 0.2) is 45.7 Å². The smallest absolute Gasteiger partial charge is 0.256 e. The number of carbonyl (C=O) groups is 2. The number of nitrogens with zero attached hydrogens (tertiary/aromatic N) is 2. The molecule has 1 aliphatic carbocycles. The third kappa shape index (κ3) is 3.95. The monoisotopic (exact) mass is 423 g/mol. The summed E-state index contributed by atoms with van der Waals surface area (Å²) < 4.78 is 0. The third-order valence-corrected chi connectivity index (χ3v) is 7.89. The van der Waals surface area contributed by atoms with E-state index in [1.807, 2.05) is 29.2 Å². The third-order valence-electron chi connectivity index (χ3n) is 6.71. The Morgan fingerprint density at radius 1 is 1.00 bits per heavy atom. The standard InChI is InChI=1S/C24H29N3O2S/c28-23-19-6-2-3-7-21(19)30-22-9-8-17(16-20(22)25-23)24(29)27-14-10-18(11-15-27)26-12-4-1-5-13-26/h6-9,16,18H,1-5,10-15H2,(H,25,28). The van der Waals surface area contributed by atoms with Crippen molar-refractivity contribution in [3.63, 3.8) is 0 Å². The number of likely N-dealkylation sites (tertiary alicyclic amines) is 2. The lowest BCUT2D eigenvalue weighted by atomic mass is 9.99. The molecule has 1 aromatic rings. The first-order valence-corrected chi connectivity index (χ1v) is 12.1. The molecule has 5 rings (SSSR count). The normalized spacial score (nSPS) is 22.9. The highest BCUT2D eigenvalue weighted by Crippen LogP contribution is 2.42. The molecule has 4 aliphatic rings. The molecule has 0 atom stereocenters. The summed E-state index contributed by atoms with van der Waals surface area (Å²) >= 11 is 1.62. The number of benzene rings is 1. The Labute approximate surface area is 182 Å². The van der Waals surface area contributed by atoms with E-state index in [1.54, 1.807) is 11.8 Å². The van der Waals surface area contributed by atoms with Crippen LogP contribution in [-0.2, 0) is 4.79 Å². The summed E-state index contributed by atoms with van der Waals surface area (Å²) in [6.45, 7) is 4.07. The van der Waals surface area contributed by atoms with E-state index < -0.39 is 0 Å². The number of carbonyl (C=O) groups excluding carboxylic acids is 2. The molecule has 158 valence electrons. The van der Waals surface area contributed by atoms with Gasteiger partial charge >= 0.3 is 0 Å². The number of rotatable bonds is 2. The highest BCUT2D eigenvalue weighted by molar-refractivity contribution is 8.03. The maximum Gasteiger partial charge on any atom is 0.256 e. The fourth-order valence-electron chi connectivity index (χ4n) is 5.01. The van der Waals surface area contributed by atoms with Gasteiger partial charge in [0.25, 0.3) is 11.8 Å². The maximum absolute atomic E-state index is 13.2. The number of anilines is 1. The lowest BCUT2D eigenvalue weighted by Crippen LogP contribution is -2.48. The summed E-state index contributed by atoms with van der Waals surface area (Å²) in [4.78, 5) is 32.4. The molecule has 0 aromatic heterocycles. The van der Waals surface area contributed by atoms with Gasteiger partial charge in [0.15, 0.2) is 0 Å². The number of piperidine rings is 2. The van der Waals surface area contributed by atoms with Crippen molar-refractivity contribution in [1.29, 1.82) is 0 Å². The first-order valence-electron chi connectivity index (χ1n) is 11.3. The van der Waals surface area contributed by atoms with Crippen molar-refractivity contribution in [2.24, 2.45) is 0 Å². The molecule has 30 heavy (non-hydrogen) atoms. The molecule has 6 heteroatoms. The summed E-state index contributed by atoms with van der Waals surface area (Å²) in [6, 6.07) is 6.38. The fourth-order valence-corrected chi connectivity index (χ4v) is 6.09. The molecule has 0 saturated carbocycles. The van der Waals surface area contributed by atoms with Crippen LogP contribution in [0.25, 0.3) is 0 Å². The number of nitrogens with one attached hydrogen (secondary N) is 1. The minimum Gasteiger partial charge on any atom is -0.339 e. The Kier molecular flexibility index (Phi) is 5.70. The van der Waals surface area contributed by atoms with Crippen molar-refractivity contribution in [2.45, 2.75) is 55.9 Å². The molecule has 5 nitrogen and oxygen atoms in total. The van der Waals surface area contributed by atoms with Gasteiger partial charge in [-0.3, -0.25) is 9.59 Å². The summed E-state index contributed by atoms with van der Waals surface area (Å²) in [5, 5.41) is 3.02. The van der Waals surface area contributed by atoms with E-state index in [-0.39, 0.29) is 11.8 Å². The molecular formula is C24H29N3O2S. The Morgan fingerprint density at radius 2 is 1.77 bits per heavy atom. The Bertz CT molecular complexity index is 909. The SMILES string of the molecule is O=C1Nc2cc(C(=O)N3CCC(N4CCCCC4)CC3)ccc2SC2=CCCC=C12. The predicted octanol–water partition coefficient (Wildman–Crippen LogP) is 4.43. The van der Waals surface area contributed by atoms with Gasteiger partial charge in [0.1, 0.15) is 0 Å². The second-order valence-electron chi connectivity index (χ2n) is 8.65. The summed E-state index contributed by atoms with van der Waals surface area (Å²) in [6.07, 6.45) is 12.1. The summed E-state index contributed by atoms with van der Waals surface area (Å²) in [7, 11) is 0. The summed E-state index contributed by atoms with van der Waals surface area (Å²) in [5.74, 6) is 0.00776. The zero-order valence-electron chi connectivity index (χ0n) is 17.4. The van der Waals surface area contributed by atoms with Crippen LogP contribution in [0, 0.1) is 0 Å². The Morgan fingerprint density at radius 3 is 2.57 bits per heavy atom. The molecule has 0 bridgehead atoms. The van der Waals surface area contributed by atoms with Gasteiger partial charge in [-0.1, -0.05) is 30.3 Å². The zero-order chi connectivity index (χ0) is 20.5. The number of allylic oxidation sites excluding steroid dienone is 2. The second kappa shape index (κ2) is 8.60. The number of fused-ring (bicyclic) bond motifs is 2. The van der Waals surface area contributed by atoms with Crippen LogP contribution in [0.4, 0.5) is 5.69 Å². The van der Waals surface area contributed by atoms with E-state index in [0.29, 0.717) is 11.6 Å². The zero-order valence-corrected chi connectivity index (χ0v) is 18.2. The van der Waals surface area contributed by atoms with Gasteiger partial charge in [-0.2, -0.15) is 0 Å². The second-order valence-corrected chi connectivity index (χ2v) is 9.73. The van der Waals surface area contributed by atoms with Crippen LogP contribution < -0.4 is 5.32 Å². The largest absolute Gasteiger partial charge is 0.339 e. The van der Waals surface area contributed by atoms with Crippen LogP contribution >= 0.6 is 11.8 Å². The van der Waals surface area contributed by atoms with Crippen LogP contribution in [0.2, 0.25) is 0 Å². The average Bonchev–Trinajstić information content (AvgIpc) is 2.94. The van der Waals surface area contributed by atoms with E-state index in [4.69, 9.17) is 0 Å². The molecule has 0 radical (unpaired) electrons. The van der Waals surface area contributed by atoms with Gasteiger partial charge in [-0.25, -0.2) is 0 Å². The molecule has 2 fully saturated rings. The van der Waals surface area contributed by atoms with Gasteiger partial charge in [0.2, 0.25) is 0 Å². The van der Waals surface area contributed by atoms with E-state index >= 15 is 0 Å². The summed E-state index contributed by atoms with van der Waals surface area (Å²) in [5.41, 5.74) is 2.17. The molecule has 1 N–H and O–H groups in total. The van der Waals surface area contributed by atoms with E-state index in [2.05, 4.69) is 16.3 Å². The van der Waals surface area contributed by atoms with Gasteiger partial charge in [0, 0.05) is 40.1 Å². The number of amides is 2. The van der Waals surface area contributed by atoms with Crippen molar-refractivity contribution in [2.75, 3.05) is 31.5 Å². The first-order chi connectivity index (χ1) is 14.7. The van der Waals surface area contributed by atoms with Crippen LogP contribution in [0.1, 0.15) is 55.3 Å². The lowest BCUT2D eigenvalue weighted by molar-refractivity contribution is -0.112. The van der Waals surface area contributed by atoms with Crippen molar-refractivity contribution < 1.29 is 9.59 Å². The van der Waals surface area contributed by atoms with E-state index in [1.165, 1.54) is 32.4 Å². The Hall–Kier alpha value is -2.05. The molecular weight excluding hydrogens is 394 g/mol. The number of thioether (sulfide) groups is 1. The highest BCUT2D eigenvalue weighted by atomic mass is 32.2. The Balaban J connectivity index is 1.28. The topological polar surface area (TPSA) is 52.7 Å². The molecule has 0 spiro atoms. The average molecular weight is 424 g/mol. The molecule has 0 unspecified atom stereocenters. The van der Waals surface area contributed by atoms with Crippen LogP contribution in [0.5, 0.6) is 0 Å². The quantitative estimate of drug-likeness (QED) is 0.765. The lowest BCUT2D eigenvalue weighted by Gasteiger charge is -2.40.